The van der Waals surface area contributed by atoms with Gasteiger partial charge in [-0.25, -0.2) is 0 Å². The zero-order valence-corrected chi connectivity index (χ0v) is 21.9. The number of ether oxygens (including phenoxy) is 2. The monoisotopic (exact) mass is 500 g/mol. The van der Waals surface area contributed by atoms with Crippen LogP contribution >= 0.6 is 0 Å². The van der Waals surface area contributed by atoms with E-state index in [-0.39, 0.29) is 5.91 Å². The first-order valence-electron chi connectivity index (χ1n) is 12.2. The number of nitrogens with one attached hydrogen (secondary N) is 1. The maximum absolute atomic E-state index is 13.9. The Kier molecular flexibility index (Phi) is 6.37. The van der Waals surface area contributed by atoms with E-state index in [1.54, 1.807) is 18.8 Å². The first-order valence-corrected chi connectivity index (χ1v) is 12.2. The molecule has 3 heterocycles. The molecule has 0 radical (unpaired) electrons. The van der Waals surface area contributed by atoms with Crippen molar-refractivity contribution in [2.45, 2.75) is 26.4 Å². The number of fused-ring (bicyclic) bond motifs is 1. The predicted molar refractivity (Wildman–Crippen MR) is 140 cm³/mol. The number of nitrogens with zero attached hydrogens (tertiary/aromatic N) is 5. The predicted octanol–water partition coefficient (Wildman–Crippen LogP) is 3.28. The Morgan fingerprint density at radius 1 is 0.919 bits per heavy atom. The number of aromatic nitrogens is 4. The van der Waals surface area contributed by atoms with Gasteiger partial charge in [-0.15, -0.1) is 0 Å². The second kappa shape index (κ2) is 9.65. The summed E-state index contributed by atoms with van der Waals surface area (Å²) >= 11 is 0. The highest BCUT2D eigenvalue weighted by Gasteiger charge is 2.28. The highest BCUT2D eigenvalue weighted by molar-refractivity contribution is 5.99. The van der Waals surface area contributed by atoms with Gasteiger partial charge in [0, 0.05) is 56.8 Å². The van der Waals surface area contributed by atoms with Gasteiger partial charge in [-0.1, -0.05) is 0 Å². The number of benzene rings is 2. The third kappa shape index (κ3) is 4.64. The lowest BCUT2D eigenvalue weighted by molar-refractivity contribution is 0.0726. The molecule has 2 aromatic carbocycles. The third-order valence-corrected chi connectivity index (χ3v) is 6.95. The summed E-state index contributed by atoms with van der Waals surface area (Å²) in [4.78, 5) is 15.8. The van der Waals surface area contributed by atoms with Gasteiger partial charge in [0.15, 0.2) is 0 Å². The van der Waals surface area contributed by atoms with Crippen LogP contribution in [0.5, 0.6) is 11.5 Å². The summed E-state index contributed by atoms with van der Waals surface area (Å²) in [6.07, 6.45) is 4.49. The van der Waals surface area contributed by atoms with Gasteiger partial charge in [-0.05, 0) is 60.4 Å². The SMILES string of the molecule is COc1cc(CN2CCc3c(cc(Cn4ccn(C)c4=N)cc3-c3cc(C)nn3C)C2=O)cc(OC)c1. The molecule has 37 heavy (non-hydrogen) atoms. The number of carbonyl (C=O) groups excluding carboxylic acids is 1. The molecule has 0 spiro atoms. The maximum atomic E-state index is 13.9. The fourth-order valence-electron chi connectivity index (χ4n) is 5.07. The van der Waals surface area contributed by atoms with Crippen molar-refractivity contribution in [3.63, 3.8) is 0 Å². The Labute approximate surface area is 216 Å². The van der Waals surface area contributed by atoms with Crippen LogP contribution in [0.15, 0.2) is 48.8 Å². The van der Waals surface area contributed by atoms with Crippen molar-refractivity contribution in [3.05, 3.63) is 82.4 Å². The van der Waals surface area contributed by atoms with Crippen LogP contribution in [0.2, 0.25) is 0 Å². The average Bonchev–Trinajstić information content (AvgIpc) is 3.39. The molecule has 1 amide bonds. The molecule has 2 aromatic heterocycles. The molecule has 0 saturated carbocycles. The highest BCUT2D eigenvalue weighted by atomic mass is 16.5. The van der Waals surface area contributed by atoms with E-state index in [9.17, 15) is 4.79 Å². The van der Waals surface area contributed by atoms with Gasteiger partial charge in [-0.2, -0.15) is 5.10 Å². The molecule has 0 atom stereocenters. The number of hydrogen-bond acceptors (Lipinski definition) is 5. The number of methoxy groups -OCH3 is 2. The van der Waals surface area contributed by atoms with Crippen molar-refractivity contribution in [2.75, 3.05) is 20.8 Å². The molecule has 0 saturated heterocycles. The quantitative estimate of drug-likeness (QED) is 0.422. The molecular formula is C28H32N6O3. The number of amides is 1. The molecule has 192 valence electrons. The zero-order chi connectivity index (χ0) is 26.3. The summed E-state index contributed by atoms with van der Waals surface area (Å²) in [5, 5.41) is 12.9. The molecule has 4 aromatic rings. The largest absolute Gasteiger partial charge is 0.497 e. The van der Waals surface area contributed by atoms with E-state index in [4.69, 9.17) is 14.9 Å². The van der Waals surface area contributed by atoms with Crippen molar-refractivity contribution in [2.24, 2.45) is 14.1 Å². The molecule has 0 aliphatic carbocycles. The van der Waals surface area contributed by atoms with E-state index in [0.717, 1.165) is 40.1 Å². The van der Waals surface area contributed by atoms with Crippen LogP contribution in [0.25, 0.3) is 11.3 Å². The Morgan fingerprint density at radius 3 is 2.19 bits per heavy atom. The van der Waals surface area contributed by atoms with Gasteiger partial charge < -0.3 is 23.5 Å². The number of rotatable bonds is 7. The van der Waals surface area contributed by atoms with Gasteiger partial charge in [0.2, 0.25) is 5.62 Å². The lowest BCUT2D eigenvalue weighted by atomic mass is 9.89. The van der Waals surface area contributed by atoms with Crippen molar-refractivity contribution in [1.82, 2.24) is 23.8 Å². The second-order valence-electron chi connectivity index (χ2n) is 9.52. The minimum Gasteiger partial charge on any atom is -0.497 e. The van der Waals surface area contributed by atoms with Crippen molar-refractivity contribution >= 4 is 5.91 Å². The van der Waals surface area contributed by atoms with Crippen LogP contribution in [0, 0.1) is 12.3 Å². The van der Waals surface area contributed by atoms with Crippen LogP contribution in [0.4, 0.5) is 0 Å². The standard InChI is InChI=1S/C28H32N6O3/c1-18-10-26(32(3)30-18)24-13-20(17-34-9-8-31(2)28(34)29)14-25-23(24)6-7-33(27(25)35)16-19-11-21(36-4)15-22(12-19)37-5/h8-15,29H,6-7,16-17H2,1-5H3. The number of carbonyl (C=O) groups is 1. The Bertz CT molecular complexity index is 1520. The first-order chi connectivity index (χ1) is 17.8. The fraction of sp³-hybridized carbons (Fsp3) is 0.321. The van der Waals surface area contributed by atoms with Gasteiger partial charge in [0.05, 0.1) is 32.2 Å². The fourth-order valence-corrected chi connectivity index (χ4v) is 5.07. The molecule has 0 fully saturated rings. The van der Waals surface area contributed by atoms with E-state index in [0.29, 0.717) is 42.3 Å². The summed E-state index contributed by atoms with van der Waals surface area (Å²) in [7, 11) is 7.03. The lowest BCUT2D eigenvalue weighted by Gasteiger charge is -2.31. The highest BCUT2D eigenvalue weighted by Crippen LogP contribution is 2.33. The van der Waals surface area contributed by atoms with Gasteiger partial charge >= 0.3 is 0 Å². The topological polar surface area (TPSA) is 90.3 Å². The molecule has 0 bridgehead atoms. The van der Waals surface area contributed by atoms with Crippen molar-refractivity contribution < 1.29 is 14.3 Å². The molecule has 1 N–H and O–H groups in total. The molecule has 1 aliphatic heterocycles. The molecule has 9 nitrogen and oxygen atoms in total. The summed E-state index contributed by atoms with van der Waals surface area (Å²) in [6.45, 7) is 3.54. The molecule has 1 aliphatic rings. The Morgan fingerprint density at radius 2 is 1.59 bits per heavy atom. The molecule has 5 rings (SSSR count). The van der Waals surface area contributed by atoms with E-state index in [2.05, 4.69) is 17.2 Å². The summed E-state index contributed by atoms with van der Waals surface area (Å²) in [5.74, 6) is 1.39. The van der Waals surface area contributed by atoms with Crippen molar-refractivity contribution in [1.29, 1.82) is 5.41 Å². The van der Waals surface area contributed by atoms with E-state index in [1.807, 2.05) is 71.8 Å². The smallest absolute Gasteiger partial charge is 0.254 e. The van der Waals surface area contributed by atoms with Crippen LogP contribution in [-0.4, -0.2) is 50.5 Å². The van der Waals surface area contributed by atoms with Crippen LogP contribution in [0.1, 0.15) is 32.7 Å². The van der Waals surface area contributed by atoms with Crippen molar-refractivity contribution in [3.8, 4) is 22.8 Å². The van der Waals surface area contributed by atoms with Gasteiger partial charge in [0.1, 0.15) is 11.5 Å². The summed E-state index contributed by atoms with van der Waals surface area (Å²) in [5.41, 5.74) is 7.00. The van der Waals surface area contributed by atoms with E-state index < -0.39 is 0 Å². The minimum absolute atomic E-state index is 0.00538. The van der Waals surface area contributed by atoms with E-state index in [1.165, 1.54) is 0 Å². The number of imidazole rings is 1. The first kappa shape index (κ1) is 24.4. The number of aryl methyl sites for hydroxylation is 3. The minimum atomic E-state index is -0.00538. The van der Waals surface area contributed by atoms with Crippen LogP contribution in [-0.2, 0) is 33.6 Å². The molecule has 0 unspecified atom stereocenters. The Hall–Kier alpha value is -4.27. The zero-order valence-electron chi connectivity index (χ0n) is 21.9. The molecular weight excluding hydrogens is 468 g/mol. The average molecular weight is 501 g/mol. The van der Waals surface area contributed by atoms with E-state index >= 15 is 0 Å². The lowest BCUT2D eigenvalue weighted by Crippen LogP contribution is -2.37. The Balaban J connectivity index is 1.56. The van der Waals surface area contributed by atoms with Crippen LogP contribution < -0.4 is 15.1 Å². The van der Waals surface area contributed by atoms with Gasteiger partial charge in [0.25, 0.3) is 5.91 Å². The second-order valence-corrected chi connectivity index (χ2v) is 9.52. The van der Waals surface area contributed by atoms with Crippen LogP contribution in [0.3, 0.4) is 0 Å². The third-order valence-electron chi connectivity index (χ3n) is 6.95. The summed E-state index contributed by atoms with van der Waals surface area (Å²) in [6, 6.07) is 11.9. The normalized spacial score (nSPS) is 13.1. The summed E-state index contributed by atoms with van der Waals surface area (Å²) < 4.78 is 16.3. The molecule has 9 heteroatoms. The number of hydrogen-bond donors (Lipinski definition) is 1. The van der Waals surface area contributed by atoms with Gasteiger partial charge in [-0.3, -0.25) is 14.9 Å². The maximum Gasteiger partial charge on any atom is 0.254 e.